The van der Waals surface area contributed by atoms with Gasteiger partial charge in [-0.15, -0.1) is 10.2 Å². The maximum Gasteiger partial charge on any atom is 0.416 e. The molecule has 154 valence electrons. The molecule has 0 bridgehead atoms. The summed E-state index contributed by atoms with van der Waals surface area (Å²) in [4.78, 5) is 19.6. The first-order valence-corrected chi connectivity index (χ1v) is 9.97. The zero-order valence-electron chi connectivity index (χ0n) is 15.7. The number of halogens is 3. The molecule has 10 heteroatoms. The number of benzene rings is 2. The number of H-pyrrole nitrogens is 1. The molecule has 30 heavy (non-hydrogen) atoms. The van der Waals surface area contributed by atoms with Gasteiger partial charge in [-0.3, -0.25) is 4.79 Å². The molecule has 0 saturated carbocycles. The fraction of sp³-hybridized carbons (Fsp3) is 0.200. The number of aromatic amines is 1. The molecule has 4 aromatic rings. The topological polar surface area (TPSA) is 83.6 Å². The Morgan fingerprint density at radius 1 is 1.17 bits per heavy atom. The van der Waals surface area contributed by atoms with E-state index in [4.69, 9.17) is 0 Å². The number of carbonyl (C=O) groups excluding carboxylic acids is 1. The first-order chi connectivity index (χ1) is 14.3. The molecule has 4 rings (SSSR count). The lowest BCUT2D eigenvalue weighted by Gasteiger charge is -2.13. The molecular formula is C20H16F3N5OS. The van der Waals surface area contributed by atoms with Gasteiger partial charge in [0.2, 0.25) is 11.1 Å². The maximum absolute atomic E-state index is 13.0. The van der Waals surface area contributed by atoms with Crippen LogP contribution in [0.25, 0.3) is 22.1 Å². The molecule has 0 unspecified atom stereocenters. The van der Waals surface area contributed by atoms with E-state index >= 15 is 0 Å². The predicted octanol–water partition coefficient (Wildman–Crippen LogP) is 4.24. The normalized spacial score (nSPS) is 11.9. The quantitative estimate of drug-likeness (QED) is 0.462. The molecule has 0 radical (unpaired) electrons. The Hall–Kier alpha value is -3.14. The highest BCUT2D eigenvalue weighted by Gasteiger charge is 2.32. The Morgan fingerprint density at radius 2 is 1.97 bits per heavy atom. The third kappa shape index (κ3) is 4.23. The number of carbonyl (C=O) groups is 1. The standard InChI is InChI=1S/C20H16F3N5OS/c1-11-6-7-15-13(8-11)17-18(25-15)26-19(28-27-17)30-10-16(29)24-9-12-4-2-3-5-14(12)20(21,22)23/h2-8H,9-10H2,1H3,(H,24,29)(H,25,26,28). The van der Waals surface area contributed by atoms with E-state index in [-0.39, 0.29) is 17.9 Å². The highest BCUT2D eigenvalue weighted by atomic mass is 32.2. The van der Waals surface area contributed by atoms with Gasteiger partial charge >= 0.3 is 6.18 Å². The lowest BCUT2D eigenvalue weighted by molar-refractivity contribution is -0.138. The number of hydrogen-bond donors (Lipinski definition) is 2. The second-order valence-corrected chi connectivity index (χ2v) is 7.63. The summed E-state index contributed by atoms with van der Waals surface area (Å²) in [5, 5.41) is 12.0. The lowest BCUT2D eigenvalue weighted by Crippen LogP contribution is -2.26. The minimum Gasteiger partial charge on any atom is -0.351 e. The van der Waals surface area contributed by atoms with Gasteiger partial charge in [-0.05, 0) is 30.7 Å². The van der Waals surface area contributed by atoms with Crippen LogP contribution in [0.2, 0.25) is 0 Å². The summed E-state index contributed by atoms with van der Waals surface area (Å²) >= 11 is 1.06. The first kappa shape index (κ1) is 20.1. The third-order valence-corrected chi connectivity index (χ3v) is 5.32. The monoisotopic (exact) mass is 431 g/mol. The smallest absolute Gasteiger partial charge is 0.351 e. The summed E-state index contributed by atoms with van der Waals surface area (Å²) in [5.74, 6) is -0.464. The van der Waals surface area contributed by atoms with Gasteiger partial charge in [-0.25, -0.2) is 4.98 Å². The number of thioether (sulfide) groups is 1. The van der Waals surface area contributed by atoms with Crippen LogP contribution in [-0.4, -0.2) is 31.8 Å². The summed E-state index contributed by atoms with van der Waals surface area (Å²) in [7, 11) is 0. The van der Waals surface area contributed by atoms with Gasteiger partial charge in [0.1, 0.15) is 5.52 Å². The Morgan fingerprint density at radius 3 is 2.77 bits per heavy atom. The van der Waals surface area contributed by atoms with E-state index in [0.29, 0.717) is 16.3 Å². The summed E-state index contributed by atoms with van der Waals surface area (Å²) in [6.45, 7) is 1.77. The average Bonchev–Trinajstić information content (AvgIpc) is 3.07. The van der Waals surface area contributed by atoms with Gasteiger partial charge in [0.15, 0.2) is 5.65 Å². The Kier molecular flexibility index (Phi) is 5.33. The van der Waals surface area contributed by atoms with Crippen LogP contribution in [0.3, 0.4) is 0 Å². The second kappa shape index (κ2) is 7.94. The molecule has 0 atom stereocenters. The number of fused-ring (bicyclic) bond motifs is 3. The van der Waals surface area contributed by atoms with Crippen LogP contribution in [0.15, 0.2) is 47.6 Å². The SMILES string of the molecule is Cc1ccc2[nH]c3nc(SCC(=O)NCc4ccccc4C(F)(F)F)nnc3c2c1. The van der Waals surface area contributed by atoms with Crippen LogP contribution in [0.4, 0.5) is 13.2 Å². The molecule has 2 N–H and O–H groups in total. The third-order valence-electron chi connectivity index (χ3n) is 4.48. The van der Waals surface area contributed by atoms with Crippen LogP contribution in [0.1, 0.15) is 16.7 Å². The zero-order chi connectivity index (χ0) is 21.3. The van der Waals surface area contributed by atoms with Crippen LogP contribution >= 0.6 is 11.8 Å². The van der Waals surface area contributed by atoms with E-state index in [9.17, 15) is 18.0 Å². The molecule has 0 aliphatic rings. The van der Waals surface area contributed by atoms with E-state index < -0.39 is 17.6 Å². The summed E-state index contributed by atoms with van der Waals surface area (Å²) in [5.41, 5.74) is 2.44. The minimum atomic E-state index is -4.47. The zero-order valence-corrected chi connectivity index (χ0v) is 16.6. The molecule has 0 fully saturated rings. The summed E-state index contributed by atoms with van der Waals surface area (Å²) < 4.78 is 39.1. The lowest BCUT2D eigenvalue weighted by atomic mass is 10.1. The molecule has 0 spiro atoms. The molecule has 0 aliphatic heterocycles. The molecule has 2 aromatic carbocycles. The van der Waals surface area contributed by atoms with Crippen molar-refractivity contribution in [2.75, 3.05) is 5.75 Å². The van der Waals surface area contributed by atoms with Gasteiger partial charge in [0.05, 0.1) is 11.3 Å². The molecule has 2 heterocycles. The summed E-state index contributed by atoms with van der Waals surface area (Å²) in [6, 6.07) is 11.1. The van der Waals surface area contributed by atoms with Gasteiger partial charge in [-0.1, -0.05) is 41.6 Å². The second-order valence-electron chi connectivity index (χ2n) is 6.69. The van der Waals surface area contributed by atoms with Crippen LogP contribution < -0.4 is 5.32 Å². The Balaban J connectivity index is 1.41. The number of aromatic nitrogens is 4. The number of aryl methyl sites for hydroxylation is 1. The van der Waals surface area contributed by atoms with Crippen LogP contribution in [-0.2, 0) is 17.5 Å². The van der Waals surface area contributed by atoms with Crippen molar-refractivity contribution in [3.05, 3.63) is 59.2 Å². The van der Waals surface area contributed by atoms with Crippen molar-refractivity contribution in [1.82, 2.24) is 25.5 Å². The van der Waals surface area contributed by atoms with Gasteiger partial charge in [0, 0.05) is 17.4 Å². The van der Waals surface area contributed by atoms with E-state index in [2.05, 4.69) is 25.5 Å². The van der Waals surface area contributed by atoms with Crippen LogP contribution in [0, 0.1) is 6.92 Å². The average molecular weight is 431 g/mol. The largest absolute Gasteiger partial charge is 0.416 e. The number of rotatable bonds is 5. The van der Waals surface area contributed by atoms with E-state index in [1.165, 1.54) is 18.2 Å². The molecule has 0 saturated heterocycles. The van der Waals surface area contributed by atoms with Crippen molar-refractivity contribution in [2.45, 2.75) is 24.8 Å². The number of amides is 1. The highest BCUT2D eigenvalue weighted by Crippen LogP contribution is 2.31. The van der Waals surface area contributed by atoms with Crippen LogP contribution in [0.5, 0.6) is 0 Å². The van der Waals surface area contributed by atoms with Gasteiger partial charge in [-0.2, -0.15) is 13.2 Å². The Labute approximate surface area is 173 Å². The van der Waals surface area contributed by atoms with Gasteiger partial charge < -0.3 is 10.3 Å². The fourth-order valence-electron chi connectivity index (χ4n) is 3.06. The summed E-state index contributed by atoms with van der Waals surface area (Å²) in [6.07, 6.45) is -4.47. The van der Waals surface area contributed by atoms with E-state index in [1.807, 2.05) is 25.1 Å². The molecule has 6 nitrogen and oxygen atoms in total. The predicted molar refractivity (Wildman–Crippen MR) is 108 cm³/mol. The van der Waals surface area contributed by atoms with Crippen molar-refractivity contribution < 1.29 is 18.0 Å². The first-order valence-electron chi connectivity index (χ1n) is 8.98. The van der Waals surface area contributed by atoms with E-state index in [0.717, 1.165) is 34.3 Å². The minimum absolute atomic E-state index is 0.0102. The van der Waals surface area contributed by atoms with Crippen molar-refractivity contribution in [3.63, 3.8) is 0 Å². The number of alkyl halides is 3. The van der Waals surface area contributed by atoms with Crippen molar-refractivity contribution in [1.29, 1.82) is 0 Å². The Bertz CT molecular complexity index is 1240. The maximum atomic E-state index is 13.0. The molecule has 0 aliphatic carbocycles. The molecule has 2 aromatic heterocycles. The fourth-order valence-corrected chi connectivity index (χ4v) is 3.67. The number of nitrogens with one attached hydrogen (secondary N) is 2. The van der Waals surface area contributed by atoms with Crippen molar-refractivity contribution in [3.8, 4) is 0 Å². The molecular weight excluding hydrogens is 415 g/mol. The number of hydrogen-bond acceptors (Lipinski definition) is 5. The highest BCUT2D eigenvalue weighted by molar-refractivity contribution is 7.99. The van der Waals surface area contributed by atoms with Crippen molar-refractivity contribution >= 4 is 39.7 Å². The number of nitrogens with zero attached hydrogens (tertiary/aromatic N) is 3. The van der Waals surface area contributed by atoms with Crippen molar-refractivity contribution in [2.24, 2.45) is 0 Å². The van der Waals surface area contributed by atoms with E-state index in [1.54, 1.807) is 0 Å². The van der Waals surface area contributed by atoms with Gasteiger partial charge in [0.25, 0.3) is 0 Å². The molecule has 1 amide bonds.